The van der Waals surface area contributed by atoms with Crippen molar-refractivity contribution in [2.75, 3.05) is 0 Å². The first kappa shape index (κ1) is 10.8. The maximum absolute atomic E-state index is 8.74. The molecular weight excluding hydrogens is 173 g/mol. The maximum atomic E-state index is 8.74. The van der Waals surface area contributed by atoms with E-state index in [1.807, 2.05) is 25.5 Å². The number of rotatable bonds is 0. The normalized spacial score (nSPS) is 13.7. The molecule has 1 aliphatic rings. The lowest BCUT2D eigenvalue weighted by molar-refractivity contribution is 0.610. The van der Waals surface area contributed by atoms with Gasteiger partial charge in [-0.1, -0.05) is 13.8 Å². The molecule has 1 aromatic rings. The van der Waals surface area contributed by atoms with Gasteiger partial charge in [-0.05, 0) is 25.6 Å². The molecule has 1 aromatic heterocycles. The molecule has 4 heteroatoms. The number of aromatic nitrogens is 2. The van der Waals surface area contributed by atoms with Crippen molar-refractivity contribution in [1.82, 2.24) is 9.78 Å². The highest BCUT2D eigenvalue weighted by atomic mass is 15.3. The first-order valence-electron chi connectivity index (χ1n) is 5.22. The van der Waals surface area contributed by atoms with Gasteiger partial charge in [0.25, 0.3) is 6.71 Å². The van der Waals surface area contributed by atoms with Crippen LogP contribution in [0.4, 0.5) is 0 Å². The number of hydrogen-bond acceptors (Lipinski definition) is 2. The molecule has 2 heterocycles. The summed E-state index contributed by atoms with van der Waals surface area (Å²) in [7, 11) is 0. The van der Waals surface area contributed by atoms with Gasteiger partial charge in [-0.3, -0.25) is 4.68 Å². The molecule has 1 aliphatic heterocycles. The summed E-state index contributed by atoms with van der Waals surface area (Å²) in [6.07, 6.45) is 1.82. The Bertz CT molecular complexity index is 338. The zero-order valence-electron chi connectivity index (χ0n) is 9.12. The Morgan fingerprint density at radius 3 is 2.93 bits per heavy atom. The summed E-state index contributed by atoms with van der Waals surface area (Å²) in [6, 6.07) is 2.07. The van der Waals surface area contributed by atoms with Gasteiger partial charge < -0.3 is 0 Å². The molecule has 2 rings (SSSR count). The van der Waals surface area contributed by atoms with Crippen LogP contribution in [0, 0.1) is 18.2 Å². The van der Waals surface area contributed by atoms with Crippen LogP contribution in [0.15, 0.2) is 6.07 Å². The SMILES string of the molecule is CC.Cc1cc2n(n1)CCB(C#N)C2. The minimum atomic E-state index is 0.202. The van der Waals surface area contributed by atoms with Crippen LogP contribution in [0.3, 0.4) is 0 Å². The fraction of sp³-hybridized carbons (Fsp3) is 0.600. The lowest BCUT2D eigenvalue weighted by Crippen LogP contribution is -2.25. The van der Waals surface area contributed by atoms with Crippen molar-refractivity contribution < 1.29 is 0 Å². The first-order chi connectivity index (χ1) is 6.79. The van der Waals surface area contributed by atoms with Crippen LogP contribution in [-0.2, 0) is 12.9 Å². The Morgan fingerprint density at radius 1 is 1.57 bits per heavy atom. The Hall–Kier alpha value is -1.24. The molecule has 0 unspecified atom stereocenters. The van der Waals surface area contributed by atoms with Crippen molar-refractivity contribution in [3.05, 3.63) is 17.5 Å². The number of nitriles is 1. The van der Waals surface area contributed by atoms with Crippen LogP contribution in [0.5, 0.6) is 0 Å². The average molecular weight is 189 g/mol. The zero-order valence-corrected chi connectivity index (χ0v) is 9.12. The van der Waals surface area contributed by atoms with Gasteiger partial charge in [-0.2, -0.15) is 5.10 Å². The lowest BCUT2D eigenvalue weighted by Gasteiger charge is -2.14. The maximum Gasteiger partial charge on any atom is 0.275 e. The minimum absolute atomic E-state index is 0.202. The van der Waals surface area contributed by atoms with E-state index in [0.717, 1.165) is 24.9 Å². The third-order valence-corrected chi connectivity index (χ3v) is 2.31. The van der Waals surface area contributed by atoms with Crippen LogP contribution in [0.1, 0.15) is 25.2 Å². The summed E-state index contributed by atoms with van der Waals surface area (Å²) >= 11 is 0. The van der Waals surface area contributed by atoms with E-state index in [1.165, 1.54) is 5.69 Å². The number of aryl methyl sites for hydroxylation is 2. The summed E-state index contributed by atoms with van der Waals surface area (Å²) in [5.74, 6) is 2.31. The molecule has 0 aliphatic carbocycles. The molecule has 0 N–H and O–H groups in total. The molecule has 0 aromatic carbocycles. The fourth-order valence-corrected chi connectivity index (χ4v) is 1.70. The lowest BCUT2D eigenvalue weighted by atomic mass is 9.45. The minimum Gasteiger partial charge on any atom is -0.271 e. The molecule has 0 atom stereocenters. The number of nitrogens with zero attached hydrogens (tertiary/aromatic N) is 3. The molecule has 0 saturated heterocycles. The van der Waals surface area contributed by atoms with E-state index in [-0.39, 0.29) is 6.71 Å². The first-order valence-corrected chi connectivity index (χ1v) is 5.22. The van der Waals surface area contributed by atoms with E-state index >= 15 is 0 Å². The van der Waals surface area contributed by atoms with E-state index in [1.54, 1.807) is 0 Å². The van der Waals surface area contributed by atoms with E-state index in [4.69, 9.17) is 5.26 Å². The zero-order chi connectivity index (χ0) is 10.6. The monoisotopic (exact) mass is 189 g/mol. The second kappa shape index (κ2) is 4.85. The van der Waals surface area contributed by atoms with Gasteiger partial charge >= 0.3 is 0 Å². The Kier molecular flexibility index (Phi) is 3.76. The van der Waals surface area contributed by atoms with Crippen LogP contribution < -0.4 is 0 Å². The van der Waals surface area contributed by atoms with E-state index < -0.39 is 0 Å². The molecule has 0 saturated carbocycles. The molecule has 0 bridgehead atoms. The topological polar surface area (TPSA) is 41.6 Å². The highest BCUT2D eigenvalue weighted by molar-refractivity contribution is 6.66. The summed E-state index contributed by atoms with van der Waals surface area (Å²) in [5.41, 5.74) is 2.27. The van der Waals surface area contributed by atoms with Crippen molar-refractivity contribution in [2.24, 2.45) is 0 Å². The summed E-state index contributed by atoms with van der Waals surface area (Å²) in [4.78, 5) is 0. The molecule has 3 nitrogen and oxygen atoms in total. The molecule has 0 amide bonds. The van der Waals surface area contributed by atoms with Crippen molar-refractivity contribution in [3.63, 3.8) is 0 Å². The quantitative estimate of drug-likeness (QED) is 0.584. The smallest absolute Gasteiger partial charge is 0.271 e. The second-order valence-electron chi connectivity index (χ2n) is 3.32. The van der Waals surface area contributed by atoms with Crippen LogP contribution in [0.25, 0.3) is 0 Å². The van der Waals surface area contributed by atoms with Crippen molar-refractivity contribution >= 4 is 6.71 Å². The van der Waals surface area contributed by atoms with Gasteiger partial charge in [0.2, 0.25) is 0 Å². The summed E-state index contributed by atoms with van der Waals surface area (Å²) in [6.45, 7) is 7.10. The van der Waals surface area contributed by atoms with Gasteiger partial charge in [0.1, 0.15) is 0 Å². The van der Waals surface area contributed by atoms with Crippen molar-refractivity contribution in [3.8, 4) is 5.97 Å². The molecular formula is C10H16BN3. The van der Waals surface area contributed by atoms with Gasteiger partial charge in [-0.25, -0.2) is 5.26 Å². The highest BCUT2D eigenvalue weighted by Gasteiger charge is 2.22. The van der Waals surface area contributed by atoms with Crippen molar-refractivity contribution in [2.45, 2.75) is 40.0 Å². The van der Waals surface area contributed by atoms with Crippen LogP contribution >= 0.6 is 0 Å². The standard InChI is InChI=1S/C8H10BN3.C2H6/c1-7-4-8-5-9(6-10)2-3-12(8)11-7;1-2/h4H,2-3,5H2,1H3;1-2H3. The third-order valence-electron chi connectivity index (χ3n) is 2.31. The second-order valence-corrected chi connectivity index (χ2v) is 3.32. The van der Waals surface area contributed by atoms with Gasteiger partial charge in [-0.15, -0.1) is 0 Å². The Balaban J connectivity index is 0.000000461. The fourth-order valence-electron chi connectivity index (χ4n) is 1.70. The molecule has 0 spiro atoms. The predicted octanol–water partition coefficient (Wildman–Crippen LogP) is 1.87. The van der Waals surface area contributed by atoms with Gasteiger partial charge in [0.15, 0.2) is 0 Å². The largest absolute Gasteiger partial charge is 0.275 e. The predicted molar refractivity (Wildman–Crippen MR) is 58.2 cm³/mol. The van der Waals surface area contributed by atoms with E-state index in [9.17, 15) is 0 Å². The Morgan fingerprint density at radius 2 is 2.29 bits per heavy atom. The molecule has 0 radical (unpaired) electrons. The van der Waals surface area contributed by atoms with E-state index in [2.05, 4.69) is 17.1 Å². The third kappa shape index (κ3) is 2.17. The summed E-state index contributed by atoms with van der Waals surface area (Å²) < 4.78 is 2.02. The highest BCUT2D eigenvalue weighted by Crippen LogP contribution is 2.14. The molecule has 74 valence electrons. The van der Waals surface area contributed by atoms with Gasteiger partial charge in [0.05, 0.1) is 5.69 Å². The van der Waals surface area contributed by atoms with E-state index in [0.29, 0.717) is 0 Å². The summed E-state index contributed by atoms with van der Waals surface area (Å²) in [5, 5.41) is 13.1. The molecule has 14 heavy (non-hydrogen) atoms. The number of hydrogen-bond donors (Lipinski definition) is 0. The van der Waals surface area contributed by atoms with Gasteiger partial charge in [0, 0.05) is 18.2 Å². The average Bonchev–Trinajstić information content (AvgIpc) is 2.59. The van der Waals surface area contributed by atoms with Crippen LogP contribution in [0.2, 0.25) is 6.32 Å². The molecule has 0 fully saturated rings. The number of fused-ring (bicyclic) bond motifs is 1. The van der Waals surface area contributed by atoms with Crippen molar-refractivity contribution in [1.29, 1.82) is 5.26 Å². The Labute approximate surface area is 85.8 Å². The van der Waals surface area contributed by atoms with Crippen LogP contribution in [-0.4, -0.2) is 16.5 Å².